The van der Waals surface area contributed by atoms with Gasteiger partial charge in [0.05, 0.1) is 6.61 Å². The highest BCUT2D eigenvalue weighted by atomic mass is 16.3. The monoisotopic (exact) mass is 228 g/mol. The van der Waals surface area contributed by atoms with Crippen LogP contribution in [0, 0.1) is 0 Å². The third-order valence-corrected chi connectivity index (χ3v) is 2.92. The SMILES string of the molecule is CC(O)(CO)c1ccc(-c2ccccc2)cc1. The lowest BCUT2D eigenvalue weighted by Gasteiger charge is -2.21. The summed E-state index contributed by atoms with van der Waals surface area (Å²) in [6.07, 6.45) is 0. The van der Waals surface area contributed by atoms with Gasteiger partial charge in [0.25, 0.3) is 0 Å². The molecule has 0 saturated carbocycles. The van der Waals surface area contributed by atoms with Crippen LogP contribution in [-0.2, 0) is 5.60 Å². The summed E-state index contributed by atoms with van der Waals surface area (Å²) in [4.78, 5) is 0. The summed E-state index contributed by atoms with van der Waals surface area (Å²) in [5.74, 6) is 0. The highest BCUT2D eigenvalue weighted by Gasteiger charge is 2.21. The number of hydrogen-bond acceptors (Lipinski definition) is 2. The number of rotatable bonds is 3. The lowest BCUT2D eigenvalue weighted by atomic mass is 9.94. The Morgan fingerprint density at radius 3 is 1.94 bits per heavy atom. The number of hydrogen-bond donors (Lipinski definition) is 2. The van der Waals surface area contributed by atoms with E-state index in [0.29, 0.717) is 0 Å². The molecule has 1 atom stereocenters. The van der Waals surface area contributed by atoms with Crippen molar-refractivity contribution in [2.24, 2.45) is 0 Å². The molecule has 0 saturated heterocycles. The van der Waals surface area contributed by atoms with Gasteiger partial charge in [-0.1, -0.05) is 54.6 Å². The Morgan fingerprint density at radius 1 is 0.882 bits per heavy atom. The molecule has 17 heavy (non-hydrogen) atoms. The lowest BCUT2D eigenvalue weighted by Crippen LogP contribution is -2.25. The largest absolute Gasteiger partial charge is 0.393 e. The van der Waals surface area contributed by atoms with Crippen LogP contribution in [0.15, 0.2) is 54.6 Å². The topological polar surface area (TPSA) is 40.5 Å². The molecule has 2 nitrogen and oxygen atoms in total. The maximum absolute atomic E-state index is 9.91. The van der Waals surface area contributed by atoms with Crippen LogP contribution in [0.3, 0.4) is 0 Å². The molecule has 2 N–H and O–H groups in total. The molecule has 0 fully saturated rings. The Bertz CT molecular complexity index is 472. The van der Waals surface area contributed by atoms with E-state index < -0.39 is 5.60 Å². The zero-order chi connectivity index (χ0) is 12.3. The summed E-state index contributed by atoms with van der Waals surface area (Å²) in [6, 6.07) is 17.6. The molecule has 0 amide bonds. The first-order valence-corrected chi connectivity index (χ1v) is 5.63. The van der Waals surface area contributed by atoms with Crippen molar-refractivity contribution in [3.8, 4) is 11.1 Å². The van der Waals surface area contributed by atoms with Crippen LogP contribution in [0.4, 0.5) is 0 Å². The van der Waals surface area contributed by atoms with Crippen molar-refractivity contribution in [1.29, 1.82) is 0 Å². The summed E-state index contributed by atoms with van der Waals surface area (Å²) in [7, 11) is 0. The lowest BCUT2D eigenvalue weighted by molar-refractivity contribution is -0.00227. The molecule has 2 aromatic rings. The van der Waals surface area contributed by atoms with Gasteiger partial charge >= 0.3 is 0 Å². The van der Waals surface area contributed by atoms with Gasteiger partial charge in [-0.25, -0.2) is 0 Å². The van der Waals surface area contributed by atoms with Crippen molar-refractivity contribution < 1.29 is 10.2 Å². The minimum absolute atomic E-state index is 0.280. The molecule has 0 aliphatic carbocycles. The predicted octanol–water partition coefficient (Wildman–Crippen LogP) is 2.55. The molecule has 0 aromatic heterocycles. The minimum atomic E-state index is -1.17. The van der Waals surface area contributed by atoms with Crippen molar-refractivity contribution >= 4 is 0 Å². The van der Waals surface area contributed by atoms with Gasteiger partial charge in [-0.05, 0) is 23.6 Å². The second kappa shape index (κ2) is 4.70. The van der Waals surface area contributed by atoms with E-state index in [1.165, 1.54) is 0 Å². The van der Waals surface area contributed by atoms with E-state index in [-0.39, 0.29) is 6.61 Å². The van der Waals surface area contributed by atoms with Gasteiger partial charge in [-0.3, -0.25) is 0 Å². The van der Waals surface area contributed by atoms with Crippen LogP contribution in [0.25, 0.3) is 11.1 Å². The van der Waals surface area contributed by atoms with Crippen LogP contribution in [0.2, 0.25) is 0 Å². The average molecular weight is 228 g/mol. The molecule has 0 heterocycles. The van der Waals surface area contributed by atoms with Crippen molar-refractivity contribution in [1.82, 2.24) is 0 Å². The summed E-state index contributed by atoms with van der Waals surface area (Å²) in [6.45, 7) is 1.32. The number of aliphatic hydroxyl groups is 2. The minimum Gasteiger partial charge on any atom is -0.393 e. The van der Waals surface area contributed by atoms with Crippen LogP contribution < -0.4 is 0 Å². The van der Waals surface area contributed by atoms with Crippen LogP contribution in [-0.4, -0.2) is 16.8 Å². The van der Waals surface area contributed by atoms with Crippen LogP contribution in [0.1, 0.15) is 12.5 Å². The molecule has 0 bridgehead atoms. The first-order valence-electron chi connectivity index (χ1n) is 5.63. The molecule has 2 rings (SSSR count). The molecule has 0 radical (unpaired) electrons. The Labute approximate surface area is 101 Å². The van der Waals surface area contributed by atoms with Gasteiger partial charge in [0.15, 0.2) is 0 Å². The average Bonchev–Trinajstić information content (AvgIpc) is 2.40. The molecule has 2 heteroatoms. The second-order valence-corrected chi connectivity index (χ2v) is 4.38. The molecule has 2 aromatic carbocycles. The number of aliphatic hydroxyl groups excluding tert-OH is 1. The quantitative estimate of drug-likeness (QED) is 0.847. The smallest absolute Gasteiger partial charge is 0.110 e. The zero-order valence-corrected chi connectivity index (χ0v) is 9.80. The first-order chi connectivity index (χ1) is 8.13. The first kappa shape index (κ1) is 11.8. The molecular formula is C15H16O2. The Hall–Kier alpha value is -1.64. The highest BCUT2D eigenvalue weighted by Crippen LogP contribution is 2.24. The van der Waals surface area contributed by atoms with E-state index in [9.17, 15) is 5.11 Å². The van der Waals surface area contributed by atoms with Crippen molar-refractivity contribution in [2.75, 3.05) is 6.61 Å². The van der Waals surface area contributed by atoms with Crippen LogP contribution >= 0.6 is 0 Å². The van der Waals surface area contributed by atoms with E-state index in [1.807, 2.05) is 54.6 Å². The van der Waals surface area contributed by atoms with Gasteiger partial charge in [0.2, 0.25) is 0 Å². The fourth-order valence-corrected chi connectivity index (χ4v) is 1.74. The van der Waals surface area contributed by atoms with Gasteiger partial charge in [0.1, 0.15) is 5.60 Å². The molecular weight excluding hydrogens is 212 g/mol. The molecule has 88 valence electrons. The van der Waals surface area contributed by atoms with Gasteiger partial charge in [-0.2, -0.15) is 0 Å². The van der Waals surface area contributed by atoms with Crippen molar-refractivity contribution in [3.05, 3.63) is 60.2 Å². The van der Waals surface area contributed by atoms with Crippen molar-refractivity contribution in [2.45, 2.75) is 12.5 Å². The summed E-state index contributed by atoms with van der Waals surface area (Å²) in [5, 5.41) is 19.0. The molecule has 0 aliphatic rings. The maximum atomic E-state index is 9.91. The fourth-order valence-electron chi connectivity index (χ4n) is 1.74. The molecule has 0 aliphatic heterocycles. The third kappa shape index (κ3) is 2.54. The van der Waals surface area contributed by atoms with E-state index in [1.54, 1.807) is 6.92 Å². The van der Waals surface area contributed by atoms with Crippen molar-refractivity contribution in [3.63, 3.8) is 0 Å². The van der Waals surface area contributed by atoms with Gasteiger partial charge < -0.3 is 10.2 Å². The standard InChI is InChI=1S/C15H16O2/c1-15(17,11-16)14-9-7-13(8-10-14)12-5-3-2-4-6-12/h2-10,16-17H,11H2,1H3. The summed E-state index contributed by atoms with van der Waals surface area (Å²) in [5.41, 5.74) is 1.79. The van der Waals surface area contributed by atoms with E-state index in [0.717, 1.165) is 16.7 Å². The zero-order valence-electron chi connectivity index (χ0n) is 9.80. The molecule has 1 unspecified atom stereocenters. The second-order valence-electron chi connectivity index (χ2n) is 4.38. The van der Waals surface area contributed by atoms with E-state index >= 15 is 0 Å². The van der Waals surface area contributed by atoms with E-state index in [4.69, 9.17) is 5.11 Å². The Kier molecular flexibility index (Phi) is 3.27. The summed E-state index contributed by atoms with van der Waals surface area (Å²) < 4.78 is 0. The normalized spacial score (nSPS) is 14.3. The third-order valence-electron chi connectivity index (χ3n) is 2.92. The Morgan fingerprint density at radius 2 is 1.41 bits per heavy atom. The van der Waals surface area contributed by atoms with Crippen LogP contribution in [0.5, 0.6) is 0 Å². The maximum Gasteiger partial charge on any atom is 0.110 e. The fraction of sp³-hybridized carbons (Fsp3) is 0.200. The highest BCUT2D eigenvalue weighted by molar-refractivity contribution is 5.63. The summed E-state index contributed by atoms with van der Waals surface area (Å²) >= 11 is 0. The van der Waals surface area contributed by atoms with E-state index in [2.05, 4.69) is 0 Å². The predicted molar refractivity (Wildman–Crippen MR) is 68.5 cm³/mol. The van der Waals surface area contributed by atoms with Gasteiger partial charge in [0, 0.05) is 0 Å². The molecule has 0 spiro atoms. The Balaban J connectivity index is 2.31. The number of benzene rings is 2. The van der Waals surface area contributed by atoms with Gasteiger partial charge in [-0.15, -0.1) is 0 Å².